The highest BCUT2D eigenvalue weighted by molar-refractivity contribution is 7.99. The Balaban J connectivity index is 1.71. The van der Waals surface area contributed by atoms with Crippen LogP contribution in [0, 0.1) is 0 Å². The molecule has 26 heavy (non-hydrogen) atoms. The number of amides is 1. The number of ether oxygens (including phenoxy) is 1. The van der Waals surface area contributed by atoms with Crippen molar-refractivity contribution < 1.29 is 19.1 Å². The van der Waals surface area contributed by atoms with Crippen LogP contribution in [0.25, 0.3) is 0 Å². The molecule has 136 valence electrons. The van der Waals surface area contributed by atoms with E-state index < -0.39 is 5.97 Å². The van der Waals surface area contributed by atoms with Crippen LogP contribution in [0.3, 0.4) is 0 Å². The summed E-state index contributed by atoms with van der Waals surface area (Å²) in [5.41, 5.74) is 1.06. The number of thioether (sulfide) groups is 1. The van der Waals surface area contributed by atoms with E-state index in [0.29, 0.717) is 23.4 Å². The van der Waals surface area contributed by atoms with Gasteiger partial charge < -0.3 is 10.1 Å². The van der Waals surface area contributed by atoms with E-state index in [9.17, 15) is 14.4 Å². The molecule has 0 spiro atoms. The second kappa shape index (κ2) is 10.4. The van der Waals surface area contributed by atoms with Crippen LogP contribution in [0.15, 0.2) is 59.5 Å². The molecule has 1 amide bonds. The zero-order valence-corrected chi connectivity index (χ0v) is 15.4. The molecule has 6 heteroatoms. The maximum Gasteiger partial charge on any atom is 0.307 e. The molecule has 0 saturated heterocycles. The van der Waals surface area contributed by atoms with Crippen molar-refractivity contribution in [2.24, 2.45) is 0 Å². The summed E-state index contributed by atoms with van der Waals surface area (Å²) in [7, 11) is 0. The van der Waals surface area contributed by atoms with Gasteiger partial charge in [-0.3, -0.25) is 14.4 Å². The van der Waals surface area contributed by atoms with E-state index in [1.807, 2.05) is 30.3 Å². The maximum absolute atomic E-state index is 12.1. The largest absolute Gasteiger partial charge is 0.457 e. The number of benzene rings is 2. The lowest BCUT2D eigenvalue weighted by Gasteiger charge is -2.06. The molecule has 2 rings (SSSR count). The van der Waals surface area contributed by atoms with Crippen molar-refractivity contribution in [3.8, 4) is 0 Å². The van der Waals surface area contributed by atoms with Crippen molar-refractivity contribution in [1.82, 2.24) is 0 Å². The zero-order valence-electron chi connectivity index (χ0n) is 14.6. The van der Waals surface area contributed by atoms with Crippen LogP contribution < -0.4 is 5.32 Å². The SMILES string of the molecule is CCC(=O)Nc1ccc(C(=O)COC(=O)CCSc2ccccc2)cc1. The van der Waals surface area contributed by atoms with E-state index in [1.54, 1.807) is 43.0 Å². The van der Waals surface area contributed by atoms with Crippen LogP contribution in [0.5, 0.6) is 0 Å². The summed E-state index contributed by atoms with van der Waals surface area (Å²) in [4.78, 5) is 36.2. The molecule has 0 atom stereocenters. The molecule has 5 nitrogen and oxygen atoms in total. The summed E-state index contributed by atoms with van der Waals surface area (Å²) in [5, 5.41) is 2.71. The molecule has 0 aliphatic rings. The number of Topliss-reactive ketones (excluding diaryl/α,β-unsaturated/α-hetero) is 1. The molecule has 2 aromatic carbocycles. The Morgan fingerprint density at radius 3 is 2.35 bits per heavy atom. The first-order chi connectivity index (χ1) is 12.6. The van der Waals surface area contributed by atoms with Crippen LogP contribution in [0.2, 0.25) is 0 Å². The van der Waals surface area contributed by atoms with Crippen molar-refractivity contribution in [1.29, 1.82) is 0 Å². The van der Waals surface area contributed by atoms with Gasteiger partial charge in [-0.25, -0.2) is 0 Å². The second-order valence-corrected chi connectivity index (χ2v) is 6.64. The molecule has 1 N–H and O–H groups in total. The lowest BCUT2D eigenvalue weighted by atomic mass is 10.1. The van der Waals surface area contributed by atoms with E-state index in [4.69, 9.17) is 4.74 Å². The van der Waals surface area contributed by atoms with Gasteiger partial charge in [0.05, 0.1) is 6.42 Å². The summed E-state index contributed by atoms with van der Waals surface area (Å²) in [5.74, 6) is -0.162. The van der Waals surface area contributed by atoms with E-state index in [2.05, 4.69) is 5.32 Å². The van der Waals surface area contributed by atoms with Crippen molar-refractivity contribution in [3.63, 3.8) is 0 Å². The Morgan fingerprint density at radius 1 is 1.00 bits per heavy atom. The topological polar surface area (TPSA) is 72.5 Å². The number of carbonyl (C=O) groups excluding carboxylic acids is 3. The fraction of sp³-hybridized carbons (Fsp3) is 0.250. The molecule has 0 unspecified atom stereocenters. The standard InChI is InChI=1S/C20H21NO4S/c1-2-19(23)21-16-10-8-15(9-11-16)18(22)14-25-20(24)12-13-26-17-6-4-3-5-7-17/h3-11H,2,12-14H2,1H3,(H,21,23). The average molecular weight is 371 g/mol. The van der Waals surface area contributed by atoms with Gasteiger partial charge in [0.2, 0.25) is 5.91 Å². The molecule has 0 saturated carbocycles. The minimum Gasteiger partial charge on any atom is -0.457 e. The first kappa shape index (κ1) is 19.7. The molecular formula is C20H21NO4S. The van der Waals surface area contributed by atoms with E-state index >= 15 is 0 Å². The summed E-state index contributed by atoms with van der Waals surface area (Å²) in [6, 6.07) is 16.3. The summed E-state index contributed by atoms with van der Waals surface area (Å²) >= 11 is 1.57. The molecule has 2 aromatic rings. The third kappa shape index (κ3) is 6.72. The Kier molecular flexibility index (Phi) is 7.89. The number of nitrogens with one attached hydrogen (secondary N) is 1. The summed E-state index contributed by atoms with van der Waals surface area (Å²) in [6.45, 7) is 1.48. The molecule has 0 heterocycles. The fourth-order valence-electron chi connectivity index (χ4n) is 2.06. The Hall–Kier alpha value is -2.60. The van der Waals surface area contributed by atoms with Gasteiger partial charge in [-0.05, 0) is 36.4 Å². The zero-order chi connectivity index (χ0) is 18.8. The van der Waals surface area contributed by atoms with Crippen LogP contribution in [-0.2, 0) is 14.3 Å². The third-order valence-corrected chi connectivity index (χ3v) is 4.51. The summed E-state index contributed by atoms with van der Waals surface area (Å²) < 4.78 is 5.04. The highest BCUT2D eigenvalue weighted by Crippen LogP contribution is 2.18. The first-order valence-corrected chi connectivity index (χ1v) is 9.33. The number of hydrogen-bond acceptors (Lipinski definition) is 5. The normalized spacial score (nSPS) is 10.2. The average Bonchev–Trinajstić information content (AvgIpc) is 2.67. The lowest BCUT2D eigenvalue weighted by Crippen LogP contribution is -2.15. The van der Waals surface area contributed by atoms with Gasteiger partial charge in [-0.15, -0.1) is 11.8 Å². The van der Waals surface area contributed by atoms with E-state index in [1.165, 1.54) is 0 Å². The van der Waals surface area contributed by atoms with Gasteiger partial charge >= 0.3 is 5.97 Å². The highest BCUT2D eigenvalue weighted by Gasteiger charge is 2.10. The lowest BCUT2D eigenvalue weighted by molar-refractivity contribution is -0.142. The van der Waals surface area contributed by atoms with Crippen molar-refractivity contribution >= 4 is 35.1 Å². The molecule has 0 aliphatic heterocycles. The van der Waals surface area contributed by atoms with Gasteiger partial charge in [-0.1, -0.05) is 25.1 Å². The quantitative estimate of drug-likeness (QED) is 0.411. The minimum atomic E-state index is -0.395. The van der Waals surface area contributed by atoms with Gasteiger partial charge in [0, 0.05) is 28.3 Å². The molecule has 0 bridgehead atoms. The Morgan fingerprint density at radius 2 is 1.69 bits per heavy atom. The molecular weight excluding hydrogens is 350 g/mol. The second-order valence-electron chi connectivity index (χ2n) is 5.47. The predicted octanol–water partition coefficient (Wildman–Crippen LogP) is 3.94. The maximum atomic E-state index is 12.1. The van der Waals surface area contributed by atoms with Gasteiger partial charge in [-0.2, -0.15) is 0 Å². The minimum absolute atomic E-state index is 0.0913. The number of carbonyl (C=O) groups is 3. The van der Waals surface area contributed by atoms with Gasteiger partial charge in [0.25, 0.3) is 0 Å². The highest BCUT2D eigenvalue weighted by atomic mass is 32.2. The van der Waals surface area contributed by atoms with Crippen LogP contribution in [0.4, 0.5) is 5.69 Å². The monoisotopic (exact) mass is 371 g/mol. The fourth-order valence-corrected chi connectivity index (χ4v) is 2.91. The van der Waals surface area contributed by atoms with Crippen LogP contribution >= 0.6 is 11.8 Å². The number of hydrogen-bond donors (Lipinski definition) is 1. The number of esters is 1. The van der Waals surface area contributed by atoms with Crippen LogP contribution in [-0.4, -0.2) is 30.0 Å². The summed E-state index contributed by atoms with van der Waals surface area (Å²) in [6.07, 6.45) is 0.633. The van der Waals surface area contributed by atoms with Crippen molar-refractivity contribution in [2.45, 2.75) is 24.7 Å². The number of anilines is 1. The van der Waals surface area contributed by atoms with Gasteiger partial charge in [0.15, 0.2) is 12.4 Å². The van der Waals surface area contributed by atoms with E-state index in [-0.39, 0.29) is 24.7 Å². The van der Waals surface area contributed by atoms with Crippen molar-refractivity contribution in [2.75, 3.05) is 17.7 Å². The van der Waals surface area contributed by atoms with Gasteiger partial charge in [0.1, 0.15) is 0 Å². The first-order valence-electron chi connectivity index (χ1n) is 8.35. The number of rotatable bonds is 9. The molecule has 0 radical (unpaired) electrons. The molecule has 0 aliphatic carbocycles. The van der Waals surface area contributed by atoms with Crippen molar-refractivity contribution in [3.05, 3.63) is 60.2 Å². The third-order valence-electron chi connectivity index (χ3n) is 3.49. The Labute approximate surface area is 157 Å². The van der Waals surface area contributed by atoms with Crippen LogP contribution in [0.1, 0.15) is 30.1 Å². The predicted molar refractivity (Wildman–Crippen MR) is 102 cm³/mol. The smallest absolute Gasteiger partial charge is 0.307 e. The molecule has 0 aromatic heterocycles. The number of ketones is 1. The van der Waals surface area contributed by atoms with E-state index in [0.717, 1.165) is 4.90 Å². The Bertz CT molecular complexity index is 744. The molecule has 0 fully saturated rings.